The number of allylic oxidation sites excluding steroid dienone is 2. The summed E-state index contributed by atoms with van der Waals surface area (Å²) in [4.78, 5) is 0. The fourth-order valence-electron chi connectivity index (χ4n) is 1.31. The largest absolute Gasteiger partial charge is 0.0849 e. The van der Waals surface area contributed by atoms with Crippen LogP contribution in [-0.2, 0) is 0 Å². The minimum Gasteiger partial charge on any atom is -0.0849 e. The second-order valence-electron chi connectivity index (χ2n) is 4.19. The van der Waals surface area contributed by atoms with Crippen molar-refractivity contribution in [3.63, 3.8) is 0 Å². The van der Waals surface area contributed by atoms with Crippen LogP contribution in [0.3, 0.4) is 0 Å². The van der Waals surface area contributed by atoms with E-state index in [9.17, 15) is 0 Å². The zero-order chi connectivity index (χ0) is 9.07. The third-order valence-electron chi connectivity index (χ3n) is 2.51. The Morgan fingerprint density at radius 2 is 1.36 bits per heavy atom. The quantitative estimate of drug-likeness (QED) is 0.562. The normalized spacial score (nSPS) is 11.5. The second kappa shape index (κ2) is 4.10. The van der Waals surface area contributed by atoms with Crippen LogP contribution >= 0.6 is 0 Å². The minimum absolute atomic E-state index is 0.986. The Kier molecular flexibility index (Phi) is 4.08. The Balaban J connectivity index is 4.62. The first kappa shape index (κ1) is 11.0. The van der Waals surface area contributed by atoms with Crippen LogP contribution in [-0.4, -0.2) is 8.07 Å². The Bertz CT molecular complexity index is 143. The summed E-state index contributed by atoms with van der Waals surface area (Å²) in [5, 5.41) is 1.71. The summed E-state index contributed by atoms with van der Waals surface area (Å²) in [5.74, 6) is 0. The molecule has 0 fully saturated rings. The van der Waals surface area contributed by atoms with Crippen molar-refractivity contribution in [1.82, 2.24) is 0 Å². The Morgan fingerprint density at radius 1 is 1.00 bits per heavy atom. The molecule has 0 radical (unpaired) electrons. The van der Waals surface area contributed by atoms with Gasteiger partial charge in [-0.25, -0.2) is 0 Å². The average molecular weight is 170 g/mol. The molecule has 0 bridgehead atoms. The zero-order valence-corrected chi connectivity index (χ0v) is 9.91. The highest BCUT2D eigenvalue weighted by atomic mass is 28.3. The topological polar surface area (TPSA) is 0 Å². The molecule has 0 atom stereocenters. The molecule has 0 saturated carbocycles. The summed E-state index contributed by atoms with van der Waals surface area (Å²) in [6.45, 7) is 14.1. The SMILES string of the molecule is CCC(CC)=C(C)[Si](C)(C)C. The van der Waals surface area contributed by atoms with Crippen molar-refractivity contribution in [1.29, 1.82) is 0 Å². The van der Waals surface area contributed by atoms with Crippen LogP contribution in [0.1, 0.15) is 33.6 Å². The van der Waals surface area contributed by atoms with Gasteiger partial charge in [0.1, 0.15) is 0 Å². The fraction of sp³-hybridized carbons (Fsp3) is 0.800. The molecule has 1 heteroatoms. The lowest BCUT2D eigenvalue weighted by Crippen LogP contribution is -2.23. The van der Waals surface area contributed by atoms with E-state index in [0.29, 0.717) is 0 Å². The van der Waals surface area contributed by atoms with Crippen LogP contribution in [0.4, 0.5) is 0 Å². The molecule has 0 aromatic carbocycles. The van der Waals surface area contributed by atoms with Gasteiger partial charge in [-0.3, -0.25) is 0 Å². The van der Waals surface area contributed by atoms with E-state index in [4.69, 9.17) is 0 Å². The average Bonchev–Trinajstić information content (AvgIpc) is 1.88. The molecule has 0 N–H and O–H groups in total. The molecule has 0 nitrogen and oxygen atoms in total. The third kappa shape index (κ3) is 3.24. The van der Waals surface area contributed by atoms with Gasteiger partial charge in [-0.1, -0.05) is 44.3 Å². The molecular weight excluding hydrogens is 148 g/mol. The van der Waals surface area contributed by atoms with E-state index in [1.54, 1.807) is 10.8 Å². The van der Waals surface area contributed by atoms with E-state index in [-0.39, 0.29) is 0 Å². The molecule has 0 unspecified atom stereocenters. The molecule has 0 saturated heterocycles. The van der Waals surface area contributed by atoms with Gasteiger partial charge in [0.05, 0.1) is 8.07 Å². The molecule has 0 aliphatic rings. The van der Waals surface area contributed by atoms with Crippen molar-refractivity contribution >= 4 is 8.07 Å². The Morgan fingerprint density at radius 3 is 1.45 bits per heavy atom. The van der Waals surface area contributed by atoms with E-state index in [1.165, 1.54) is 12.8 Å². The van der Waals surface area contributed by atoms with Gasteiger partial charge in [-0.2, -0.15) is 0 Å². The van der Waals surface area contributed by atoms with Crippen molar-refractivity contribution in [3.05, 3.63) is 10.8 Å². The maximum absolute atomic E-state index is 2.42. The van der Waals surface area contributed by atoms with Crippen molar-refractivity contribution in [2.45, 2.75) is 53.3 Å². The van der Waals surface area contributed by atoms with Crippen LogP contribution in [0.15, 0.2) is 10.8 Å². The maximum Gasteiger partial charge on any atom is 0.0720 e. The van der Waals surface area contributed by atoms with E-state index in [1.807, 2.05) is 0 Å². The van der Waals surface area contributed by atoms with Gasteiger partial charge >= 0.3 is 0 Å². The molecule has 0 aromatic heterocycles. The standard InChI is InChI=1S/C10H22Si/c1-7-10(8-2)9(3)11(4,5)6/h7-8H2,1-6H3. The molecule has 0 heterocycles. The summed E-state index contributed by atoms with van der Waals surface area (Å²) in [6, 6.07) is 0. The highest BCUT2D eigenvalue weighted by Gasteiger charge is 2.17. The van der Waals surface area contributed by atoms with Crippen LogP contribution < -0.4 is 0 Å². The van der Waals surface area contributed by atoms with Gasteiger partial charge < -0.3 is 0 Å². The molecule has 0 aliphatic heterocycles. The fourth-order valence-corrected chi connectivity index (χ4v) is 2.72. The molecular formula is C10H22Si. The Hall–Kier alpha value is -0.0431. The smallest absolute Gasteiger partial charge is 0.0720 e. The van der Waals surface area contributed by atoms with Gasteiger partial charge in [-0.15, -0.1) is 0 Å². The first-order valence-corrected chi connectivity index (χ1v) is 8.12. The van der Waals surface area contributed by atoms with Crippen LogP contribution in [0.25, 0.3) is 0 Å². The summed E-state index contributed by atoms with van der Waals surface area (Å²) in [7, 11) is -0.986. The first-order valence-electron chi connectivity index (χ1n) is 4.62. The maximum atomic E-state index is 2.42. The number of hydrogen-bond donors (Lipinski definition) is 0. The summed E-state index contributed by atoms with van der Waals surface area (Å²) in [6.07, 6.45) is 2.49. The van der Waals surface area contributed by atoms with Crippen LogP contribution in [0, 0.1) is 0 Å². The number of hydrogen-bond acceptors (Lipinski definition) is 0. The second-order valence-corrected chi connectivity index (χ2v) is 9.44. The monoisotopic (exact) mass is 170 g/mol. The summed E-state index contributed by atoms with van der Waals surface area (Å²) < 4.78 is 0. The van der Waals surface area contributed by atoms with Crippen molar-refractivity contribution in [3.8, 4) is 0 Å². The van der Waals surface area contributed by atoms with Gasteiger partial charge in [0.2, 0.25) is 0 Å². The van der Waals surface area contributed by atoms with Crippen LogP contribution in [0.5, 0.6) is 0 Å². The van der Waals surface area contributed by atoms with E-state index in [0.717, 1.165) is 0 Å². The lowest BCUT2D eigenvalue weighted by atomic mass is 10.1. The molecule has 66 valence electrons. The van der Waals surface area contributed by atoms with Gasteiger partial charge in [0.25, 0.3) is 0 Å². The molecule has 0 amide bonds. The molecule has 0 aromatic rings. The summed E-state index contributed by atoms with van der Waals surface area (Å²) >= 11 is 0. The highest BCUT2D eigenvalue weighted by molar-refractivity contribution is 6.83. The highest BCUT2D eigenvalue weighted by Crippen LogP contribution is 2.21. The predicted molar refractivity (Wildman–Crippen MR) is 56.6 cm³/mol. The summed E-state index contributed by atoms with van der Waals surface area (Å²) in [5.41, 5.74) is 1.68. The molecule has 0 aliphatic carbocycles. The van der Waals surface area contributed by atoms with Crippen molar-refractivity contribution in [2.75, 3.05) is 0 Å². The lowest BCUT2D eigenvalue weighted by Gasteiger charge is -2.21. The molecule has 0 rings (SSSR count). The zero-order valence-electron chi connectivity index (χ0n) is 8.91. The third-order valence-corrected chi connectivity index (χ3v) is 5.11. The van der Waals surface area contributed by atoms with Crippen molar-refractivity contribution in [2.24, 2.45) is 0 Å². The predicted octanol–water partition coefficient (Wildman–Crippen LogP) is 4.00. The minimum atomic E-state index is -0.986. The lowest BCUT2D eigenvalue weighted by molar-refractivity contribution is 0.961. The molecule has 11 heavy (non-hydrogen) atoms. The number of rotatable bonds is 3. The van der Waals surface area contributed by atoms with E-state index >= 15 is 0 Å². The van der Waals surface area contributed by atoms with Gasteiger partial charge in [0, 0.05) is 0 Å². The molecule has 0 spiro atoms. The van der Waals surface area contributed by atoms with E-state index in [2.05, 4.69) is 40.4 Å². The van der Waals surface area contributed by atoms with Crippen LogP contribution in [0.2, 0.25) is 19.6 Å². The van der Waals surface area contributed by atoms with Gasteiger partial charge in [0.15, 0.2) is 0 Å². The van der Waals surface area contributed by atoms with Crippen molar-refractivity contribution < 1.29 is 0 Å². The van der Waals surface area contributed by atoms with E-state index < -0.39 is 8.07 Å². The van der Waals surface area contributed by atoms with Gasteiger partial charge in [-0.05, 0) is 19.8 Å². The first-order chi connectivity index (χ1) is 4.93. The Labute approximate surface area is 72.7 Å².